The van der Waals surface area contributed by atoms with Crippen LogP contribution in [0, 0.1) is 0 Å². The van der Waals surface area contributed by atoms with Crippen LogP contribution in [0.4, 0.5) is 24.5 Å². The number of nitrogens with one attached hydrogen (secondary N) is 1. The van der Waals surface area contributed by atoms with Gasteiger partial charge in [0.25, 0.3) is 0 Å². The van der Waals surface area contributed by atoms with Crippen LogP contribution in [0.25, 0.3) is 0 Å². The normalized spacial score (nSPS) is 21.7. The van der Waals surface area contributed by atoms with Gasteiger partial charge in [0.15, 0.2) is 0 Å². The van der Waals surface area contributed by atoms with Gasteiger partial charge in [-0.3, -0.25) is 9.59 Å². The molecular weight excluding hydrogens is 323 g/mol. The number of rotatable bonds is 4. The van der Waals surface area contributed by atoms with Crippen molar-refractivity contribution in [3.8, 4) is 0 Å². The van der Waals surface area contributed by atoms with Crippen LogP contribution in [0.5, 0.6) is 0 Å². The Morgan fingerprint density at radius 3 is 2.38 bits per heavy atom. The fourth-order valence-electron chi connectivity index (χ4n) is 2.97. The molecule has 1 unspecified atom stereocenters. The highest BCUT2D eigenvalue weighted by atomic mass is 19.4. The molecule has 0 aromatic heterocycles. The number of benzene rings is 1. The number of anilines is 2. The first-order valence-corrected chi connectivity index (χ1v) is 7.86. The molecule has 2 amide bonds. The number of carbonyl (C=O) groups is 2. The predicted molar refractivity (Wildman–Crippen MR) is 82.7 cm³/mol. The summed E-state index contributed by atoms with van der Waals surface area (Å²) in [5.41, 5.74) is 1.43. The standard InChI is InChI=1S/C16H18F3N3O2/c17-16(18,19)10-21-8-1-2-13(15(21)24)20-11-3-5-12(6-4-11)22-9-7-14(22)23/h3-6,13,20H,1-2,7-10H2. The lowest BCUT2D eigenvalue weighted by atomic mass is 10.0. The second-order valence-electron chi connectivity index (χ2n) is 6.06. The van der Waals surface area contributed by atoms with Crippen LogP contribution < -0.4 is 10.2 Å². The number of likely N-dealkylation sites (tertiary alicyclic amines) is 1. The highest BCUT2D eigenvalue weighted by Gasteiger charge is 2.37. The summed E-state index contributed by atoms with van der Waals surface area (Å²) in [4.78, 5) is 26.1. The Morgan fingerprint density at radius 1 is 1.12 bits per heavy atom. The minimum Gasteiger partial charge on any atom is -0.374 e. The molecule has 2 saturated heterocycles. The van der Waals surface area contributed by atoms with Gasteiger partial charge < -0.3 is 15.1 Å². The summed E-state index contributed by atoms with van der Waals surface area (Å²) >= 11 is 0. The van der Waals surface area contributed by atoms with Crippen molar-refractivity contribution in [3.63, 3.8) is 0 Å². The highest BCUT2D eigenvalue weighted by molar-refractivity contribution is 5.99. The van der Waals surface area contributed by atoms with Crippen molar-refractivity contribution < 1.29 is 22.8 Å². The molecule has 24 heavy (non-hydrogen) atoms. The molecular formula is C16H18F3N3O2. The zero-order chi connectivity index (χ0) is 17.3. The third-order valence-electron chi connectivity index (χ3n) is 4.27. The van der Waals surface area contributed by atoms with Crippen LogP contribution >= 0.6 is 0 Å². The van der Waals surface area contributed by atoms with Crippen molar-refractivity contribution in [2.75, 3.05) is 29.9 Å². The van der Waals surface area contributed by atoms with Crippen LogP contribution in [0.2, 0.25) is 0 Å². The molecule has 0 saturated carbocycles. The summed E-state index contributed by atoms with van der Waals surface area (Å²) in [6.07, 6.45) is -2.81. The molecule has 2 aliphatic heterocycles. The maximum atomic E-state index is 12.5. The first-order valence-electron chi connectivity index (χ1n) is 7.86. The largest absolute Gasteiger partial charge is 0.406 e. The number of β-lactam (4-membered cyclic amide) rings is 1. The van der Waals surface area contributed by atoms with Gasteiger partial charge in [-0.25, -0.2) is 0 Å². The summed E-state index contributed by atoms with van der Waals surface area (Å²) in [5, 5.41) is 3.00. The topological polar surface area (TPSA) is 52.7 Å². The van der Waals surface area contributed by atoms with Gasteiger partial charge in [-0.05, 0) is 37.1 Å². The number of amides is 2. The molecule has 5 nitrogen and oxygen atoms in total. The SMILES string of the molecule is O=C1C(Nc2ccc(N3CCC3=O)cc2)CCCN1CC(F)(F)F. The van der Waals surface area contributed by atoms with E-state index in [1.54, 1.807) is 29.2 Å². The van der Waals surface area contributed by atoms with Gasteiger partial charge >= 0.3 is 6.18 Å². The van der Waals surface area contributed by atoms with E-state index in [2.05, 4.69) is 5.32 Å². The molecule has 8 heteroatoms. The second kappa shape index (κ2) is 6.33. The van der Waals surface area contributed by atoms with Gasteiger partial charge in [0.2, 0.25) is 11.8 Å². The van der Waals surface area contributed by atoms with E-state index in [4.69, 9.17) is 0 Å². The molecule has 2 heterocycles. The molecule has 2 fully saturated rings. The number of hydrogen-bond acceptors (Lipinski definition) is 3. The Balaban J connectivity index is 1.62. The van der Waals surface area contributed by atoms with Gasteiger partial charge in [0.1, 0.15) is 12.6 Å². The van der Waals surface area contributed by atoms with E-state index < -0.39 is 24.7 Å². The average Bonchev–Trinajstić information content (AvgIpc) is 2.50. The number of nitrogens with zero attached hydrogens (tertiary/aromatic N) is 2. The quantitative estimate of drug-likeness (QED) is 0.856. The number of hydrogen-bond donors (Lipinski definition) is 1. The van der Waals surface area contributed by atoms with Crippen LogP contribution in [0.1, 0.15) is 19.3 Å². The molecule has 0 bridgehead atoms. The smallest absolute Gasteiger partial charge is 0.374 e. The third-order valence-corrected chi connectivity index (χ3v) is 4.27. The Morgan fingerprint density at radius 2 is 1.83 bits per heavy atom. The van der Waals surface area contributed by atoms with Gasteiger partial charge in [0, 0.05) is 30.9 Å². The third kappa shape index (κ3) is 3.63. The lowest BCUT2D eigenvalue weighted by Gasteiger charge is -2.34. The van der Waals surface area contributed by atoms with Crippen molar-refractivity contribution in [2.45, 2.75) is 31.5 Å². The van der Waals surface area contributed by atoms with Crippen molar-refractivity contribution >= 4 is 23.2 Å². The maximum Gasteiger partial charge on any atom is 0.406 e. The molecule has 0 aliphatic carbocycles. The fraction of sp³-hybridized carbons (Fsp3) is 0.500. The summed E-state index contributed by atoms with van der Waals surface area (Å²) in [6.45, 7) is -0.383. The highest BCUT2D eigenvalue weighted by Crippen LogP contribution is 2.26. The molecule has 2 aliphatic rings. The Kier molecular flexibility index (Phi) is 4.38. The minimum atomic E-state index is -4.39. The molecule has 130 valence electrons. The predicted octanol–water partition coefficient (Wildman–Crippen LogP) is 2.39. The lowest BCUT2D eigenvalue weighted by Crippen LogP contribution is -2.50. The van der Waals surface area contributed by atoms with E-state index in [1.807, 2.05) is 0 Å². The first kappa shape index (κ1) is 16.6. The van der Waals surface area contributed by atoms with Gasteiger partial charge in [-0.1, -0.05) is 0 Å². The number of carbonyl (C=O) groups excluding carboxylic acids is 2. The summed E-state index contributed by atoms with van der Waals surface area (Å²) in [7, 11) is 0. The second-order valence-corrected chi connectivity index (χ2v) is 6.06. The first-order chi connectivity index (χ1) is 11.3. The van der Waals surface area contributed by atoms with E-state index in [9.17, 15) is 22.8 Å². The molecule has 1 aromatic carbocycles. The minimum absolute atomic E-state index is 0.0703. The molecule has 1 atom stereocenters. The van der Waals surface area contributed by atoms with Crippen LogP contribution in [0.15, 0.2) is 24.3 Å². The summed E-state index contributed by atoms with van der Waals surface area (Å²) < 4.78 is 37.5. The lowest BCUT2D eigenvalue weighted by molar-refractivity contribution is -0.163. The van der Waals surface area contributed by atoms with Crippen LogP contribution in [-0.2, 0) is 9.59 Å². The average molecular weight is 341 g/mol. The van der Waals surface area contributed by atoms with Gasteiger partial charge in [-0.2, -0.15) is 13.2 Å². The van der Waals surface area contributed by atoms with Crippen molar-refractivity contribution in [2.24, 2.45) is 0 Å². The van der Waals surface area contributed by atoms with Crippen molar-refractivity contribution in [3.05, 3.63) is 24.3 Å². The molecule has 0 radical (unpaired) electrons. The molecule has 1 aromatic rings. The molecule has 3 rings (SSSR count). The van der Waals surface area contributed by atoms with E-state index in [1.165, 1.54) is 0 Å². The van der Waals surface area contributed by atoms with E-state index >= 15 is 0 Å². The Bertz CT molecular complexity index is 630. The van der Waals surface area contributed by atoms with E-state index in [0.29, 0.717) is 31.5 Å². The number of halogens is 3. The number of alkyl halides is 3. The Hall–Kier alpha value is -2.25. The molecule has 1 N–H and O–H groups in total. The van der Waals surface area contributed by atoms with Crippen LogP contribution in [-0.4, -0.2) is 48.6 Å². The van der Waals surface area contributed by atoms with E-state index in [-0.39, 0.29) is 12.5 Å². The zero-order valence-electron chi connectivity index (χ0n) is 13.0. The Labute approximate surface area is 137 Å². The number of piperidine rings is 1. The monoisotopic (exact) mass is 341 g/mol. The fourth-order valence-corrected chi connectivity index (χ4v) is 2.97. The van der Waals surface area contributed by atoms with Gasteiger partial charge in [0.05, 0.1) is 0 Å². The summed E-state index contributed by atoms with van der Waals surface area (Å²) in [6, 6.07) is 6.34. The van der Waals surface area contributed by atoms with Crippen molar-refractivity contribution in [1.29, 1.82) is 0 Å². The van der Waals surface area contributed by atoms with Crippen molar-refractivity contribution in [1.82, 2.24) is 4.90 Å². The summed E-state index contributed by atoms with van der Waals surface area (Å²) in [5.74, 6) is -0.457. The van der Waals surface area contributed by atoms with E-state index in [0.717, 1.165) is 10.6 Å². The maximum absolute atomic E-state index is 12.5. The van der Waals surface area contributed by atoms with Gasteiger partial charge in [-0.15, -0.1) is 0 Å². The molecule has 0 spiro atoms. The van der Waals surface area contributed by atoms with Crippen LogP contribution in [0.3, 0.4) is 0 Å². The zero-order valence-corrected chi connectivity index (χ0v) is 13.0.